The summed E-state index contributed by atoms with van der Waals surface area (Å²) in [4.78, 5) is 15.7. The number of benzene rings is 1. The predicted octanol–water partition coefficient (Wildman–Crippen LogP) is 1.83. The first kappa shape index (κ1) is 12.9. The van der Waals surface area contributed by atoms with Gasteiger partial charge in [0.2, 0.25) is 0 Å². The SMILES string of the molecule is Cc1ccc(-c2nc(C(=O)O)c3n2CCC(N)C3)cc1. The summed E-state index contributed by atoms with van der Waals surface area (Å²) in [5.74, 6) is -0.259. The topological polar surface area (TPSA) is 81.1 Å². The van der Waals surface area contributed by atoms with Crippen LogP contribution in [-0.2, 0) is 13.0 Å². The molecule has 0 bridgehead atoms. The van der Waals surface area contributed by atoms with Crippen molar-refractivity contribution in [1.82, 2.24) is 9.55 Å². The molecule has 0 radical (unpaired) electrons. The van der Waals surface area contributed by atoms with Crippen LogP contribution in [0, 0.1) is 6.92 Å². The Hall–Kier alpha value is -2.14. The maximum absolute atomic E-state index is 11.4. The highest BCUT2D eigenvalue weighted by Crippen LogP contribution is 2.27. The number of hydrogen-bond acceptors (Lipinski definition) is 3. The van der Waals surface area contributed by atoms with Crippen LogP contribution in [0.15, 0.2) is 24.3 Å². The average molecular weight is 271 g/mol. The van der Waals surface area contributed by atoms with Crippen molar-refractivity contribution in [1.29, 1.82) is 0 Å². The van der Waals surface area contributed by atoms with E-state index in [9.17, 15) is 9.90 Å². The van der Waals surface area contributed by atoms with Gasteiger partial charge in [-0.25, -0.2) is 9.78 Å². The molecule has 1 atom stereocenters. The lowest BCUT2D eigenvalue weighted by Gasteiger charge is -2.22. The van der Waals surface area contributed by atoms with Gasteiger partial charge in [-0.3, -0.25) is 0 Å². The summed E-state index contributed by atoms with van der Waals surface area (Å²) in [5.41, 5.74) is 8.94. The molecular formula is C15H17N3O2. The van der Waals surface area contributed by atoms with Crippen LogP contribution in [0.5, 0.6) is 0 Å². The van der Waals surface area contributed by atoms with Gasteiger partial charge >= 0.3 is 5.97 Å². The summed E-state index contributed by atoms with van der Waals surface area (Å²) in [7, 11) is 0. The second kappa shape index (κ2) is 4.76. The van der Waals surface area contributed by atoms with Crippen molar-refractivity contribution in [3.8, 4) is 11.4 Å². The van der Waals surface area contributed by atoms with Crippen LogP contribution >= 0.6 is 0 Å². The number of carbonyl (C=O) groups is 1. The van der Waals surface area contributed by atoms with Gasteiger partial charge in [-0.1, -0.05) is 29.8 Å². The quantitative estimate of drug-likeness (QED) is 0.873. The summed E-state index contributed by atoms with van der Waals surface area (Å²) in [6, 6.07) is 7.98. The molecule has 5 nitrogen and oxygen atoms in total. The van der Waals surface area contributed by atoms with E-state index in [1.54, 1.807) is 0 Å². The summed E-state index contributed by atoms with van der Waals surface area (Å²) in [6.07, 6.45) is 1.42. The fourth-order valence-corrected chi connectivity index (χ4v) is 2.67. The maximum atomic E-state index is 11.4. The second-order valence-corrected chi connectivity index (χ2v) is 5.31. The fourth-order valence-electron chi connectivity index (χ4n) is 2.67. The zero-order valence-electron chi connectivity index (χ0n) is 11.3. The van der Waals surface area contributed by atoms with Crippen LogP contribution in [0.25, 0.3) is 11.4 Å². The first-order valence-electron chi connectivity index (χ1n) is 6.71. The van der Waals surface area contributed by atoms with E-state index in [0.29, 0.717) is 6.42 Å². The van der Waals surface area contributed by atoms with Gasteiger partial charge < -0.3 is 15.4 Å². The van der Waals surface area contributed by atoms with Crippen molar-refractivity contribution in [3.63, 3.8) is 0 Å². The molecule has 1 unspecified atom stereocenters. The smallest absolute Gasteiger partial charge is 0.356 e. The zero-order chi connectivity index (χ0) is 14.3. The molecule has 3 rings (SSSR count). The van der Waals surface area contributed by atoms with Crippen LogP contribution < -0.4 is 5.73 Å². The van der Waals surface area contributed by atoms with Crippen molar-refractivity contribution in [2.24, 2.45) is 5.73 Å². The zero-order valence-corrected chi connectivity index (χ0v) is 11.3. The van der Waals surface area contributed by atoms with E-state index in [-0.39, 0.29) is 11.7 Å². The molecule has 1 aromatic carbocycles. The van der Waals surface area contributed by atoms with Gasteiger partial charge in [-0.15, -0.1) is 0 Å². The minimum absolute atomic E-state index is 0.0168. The van der Waals surface area contributed by atoms with Gasteiger partial charge in [0.15, 0.2) is 5.69 Å². The van der Waals surface area contributed by atoms with E-state index in [2.05, 4.69) is 4.98 Å². The molecule has 1 aliphatic rings. The third kappa shape index (κ3) is 2.10. The molecule has 0 saturated carbocycles. The lowest BCUT2D eigenvalue weighted by atomic mass is 10.0. The average Bonchev–Trinajstić information content (AvgIpc) is 2.78. The molecule has 20 heavy (non-hydrogen) atoms. The van der Waals surface area contributed by atoms with Crippen LogP contribution in [-0.4, -0.2) is 26.7 Å². The number of carboxylic acids is 1. The van der Waals surface area contributed by atoms with Gasteiger partial charge in [0, 0.05) is 24.6 Å². The predicted molar refractivity (Wildman–Crippen MR) is 75.7 cm³/mol. The fraction of sp³-hybridized carbons (Fsp3) is 0.333. The second-order valence-electron chi connectivity index (χ2n) is 5.31. The van der Waals surface area contributed by atoms with Gasteiger partial charge in [-0.05, 0) is 13.3 Å². The molecule has 0 amide bonds. The highest BCUT2D eigenvalue weighted by Gasteiger charge is 2.27. The van der Waals surface area contributed by atoms with E-state index in [0.717, 1.165) is 30.0 Å². The Bertz CT molecular complexity index is 659. The summed E-state index contributed by atoms with van der Waals surface area (Å²) in [6.45, 7) is 2.74. The minimum Gasteiger partial charge on any atom is -0.476 e. The lowest BCUT2D eigenvalue weighted by molar-refractivity contribution is 0.0689. The number of carboxylic acid groups (broad SMARTS) is 1. The Kier molecular flexibility index (Phi) is 3.06. The number of nitrogens with zero attached hydrogens (tertiary/aromatic N) is 2. The molecule has 0 fully saturated rings. The number of aromatic carboxylic acids is 1. The van der Waals surface area contributed by atoms with Crippen LogP contribution in [0.4, 0.5) is 0 Å². The van der Waals surface area contributed by atoms with Gasteiger partial charge in [0.25, 0.3) is 0 Å². The number of fused-ring (bicyclic) bond motifs is 1. The van der Waals surface area contributed by atoms with E-state index in [1.165, 1.54) is 5.56 Å². The van der Waals surface area contributed by atoms with Crippen molar-refractivity contribution >= 4 is 5.97 Å². The van der Waals surface area contributed by atoms with Crippen LogP contribution in [0.2, 0.25) is 0 Å². The van der Waals surface area contributed by atoms with Gasteiger partial charge in [-0.2, -0.15) is 0 Å². The van der Waals surface area contributed by atoms with Crippen molar-refractivity contribution in [3.05, 3.63) is 41.2 Å². The van der Waals surface area contributed by atoms with E-state index in [1.807, 2.05) is 35.8 Å². The molecule has 0 saturated heterocycles. The number of nitrogens with two attached hydrogens (primary N) is 1. The molecule has 2 aromatic rings. The Balaban J connectivity index is 2.14. The molecule has 104 valence electrons. The van der Waals surface area contributed by atoms with E-state index in [4.69, 9.17) is 5.73 Å². The monoisotopic (exact) mass is 271 g/mol. The highest BCUT2D eigenvalue weighted by molar-refractivity contribution is 5.88. The lowest BCUT2D eigenvalue weighted by Crippen LogP contribution is -2.31. The Morgan fingerprint density at radius 3 is 2.75 bits per heavy atom. The maximum Gasteiger partial charge on any atom is 0.356 e. The standard InChI is InChI=1S/C15H17N3O2/c1-9-2-4-10(5-3-9)14-17-13(15(19)20)12-8-11(16)6-7-18(12)14/h2-5,11H,6-8,16H2,1H3,(H,19,20). The molecular weight excluding hydrogens is 254 g/mol. The number of aromatic nitrogens is 2. The number of rotatable bonds is 2. The Morgan fingerprint density at radius 1 is 1.40 bits per heavy atom. The minimum atomic E-state index is -0.985. The van der Waals surface area contributed by atoms with Gasteiger partial charge in [0.05, 0.1) is 5.69 Å². The Labute approximate surface area is 117 Å². The Morgan fingerprint density at radius 2 is 2.10 bits per heavy atom. The summed E-state index contributed by atoms with van der Waals surface area (Å²) in [5, 5.41) is 9.31. The van der Waals surface area contributed by atoms with E-state index < -0.39 is 5.97 Å². The highest BCUT2D eigenvalue weighted by atomic mass is 16.4. The van der Waals surface area contributed by atoms with Crippen LogP contribution in [0.3, 0.4) is 0 Å². The molecule has 1 aromatic heterocycles. The first-order chi connectivity index (χ1) is 9.56. The third-order valence-corrected chi connectivity index (χ3v) is 3.76. The van der Waals surface area contributed by atoms with Gasteiger partial charge in [0.1, 0.15) is 5.82 Å². The molecule has 5 heteroatoms. The molecule has 2 heterocycles. The normalized spacial score (nSPS) is 17.8. The van der Waals surface area contributed by atoms with Crippen molar-refractivity contribution < 1.29 is 9.90 Å². The summed E-state index contributed by atoms with van der Waals surface area (Å²) >= 11 is 0. The largest absolute Gasteiger partial charge is 0.476 e. The van der Waals surface area contributed by atoms with Crippen molar-refractivity contribution in [2.45, 2.75) is 32.4 Å². The number of hydrogen-bond donors (Lipinski definition) is 2. The molecule has 0 aliphatic carbocycles. The first-order valence-corrected chi connectivity index (χ1v) is 6.71. The van der Waals surface area contributed by atoms with Crippen molar-refractivity contribution in [2.75, 3.05) is 0 Å². The third-order valence-electron chi connectivity index (χ3n) is 3.76. The molecule has 1 aliphatic heterocycles. The molecule has 0 spiro atoms. The molecule has 3 N–H and O–H groups in total. The number of aryl methyl sites for hydroxylation is 1. The van der Waals surface area contributed by atoms with E-state index >= 15 is 0 Å². The summed E-state index contributed by atoms with van der Waals surface area (Å²) < 4.78 is 2.00. The van der Waals surface area contributed by atoms with Crippen LogP contribution in [0.1, 0.15) is 28.2 Å². The number of imidazole rings is 1.